The molecule has 1 aliphatic heterocycles. The van der Waals surface area contributed by atoms with Gasteiger partial charge in [-0.05, 0) is 81.9 Å². The highest BCUT2D eigenvalue weighted by Gasteiger charge is 2.12. The van der Waals surface area contributed by atoms with E-state index in [4.69, 9.17) is 0 Å². The molecular formula is C23H32N2S. The van der Waals surface area contributed by atoms with Crippen LogP contribution in [0.25, 0.3) is 0 Å². The van der Waals surface area contributed by atoms with Crippen LogP contribution in [0.2, 0.25) is 0 Å². The lowest BCUT2D eigenvalue weighted by Gasteiger charge is -2.24. The molecule has 140 valence electrons. The molecule has 3 heteroatoms. The van der Waals surface area contributed by atoms with Gasteiger partial charge in [-0.2, -0.15) is 0 Å². The summed E-state index contributed by atoms with van der Waals surface area (Å²) in [5.41, 5.74) is 1.43. The van der Waals surface area contributed by atoms with Crippen LogP contribution >= 0.6 is 11.8 Å². The highest BCUT2D eigenvalue weighted by Crippen LogP contribution is 2.18. The maximum atomic E-state index is 2.65. The molecule has 1 heterocycles. The average molecular weight is 369 g/mol. The quantitative estimate of drug-likeness (QED) is 0.400. The Balaban J connectivity index is 1.42. The fourth-order valence-electron chi connectivity index (χ4n) is 3.63. The number of hydrogen-bond acceptors (Lipinski definition) is 3. The number of rotatable bonds is 11. The van der Waals surface area contributed by atoms with E-state index in [0.29, 0.717) is 0 Å². The summed E-state index contributed by atoms with van der Waals surface area (Å²) in [5.74, 6) is 1.20. The highest BCUT2D eigenvalue weighted by molar-refractivity contribution is 7.99. The van der Waals surface area contributed by atoms with E-state index in [2.05, 4.69) is 70.5 Å². The van der Waals surface area contributed by atoms with Crippen LogP contribution in [0.3, 0.4) is 0 Å². The molecular weight excluding hydrogens is 336 g/mol. The second-order valence-corrected chi connectivity index (χ2v) is 8.35. The van der Waals surface area contributed by atoms with Crippen LogP contribution in [0.1, 0.15) is 31.2 Å². The standard InChI is InChI=1S/C23H32N2S/c1-3-11-22(12-4-1)21-25(18-9-17-24-15-7-8-16-24)19-10-20-26-23-13-5-2-6-14-23/h1-6,11-14H,7-10,15-21H2. The Morgan fingerprint density at radius 2 is 1.46 bits per heavy atom. The van der Waals surface area contributed by atoms with Gasteiger partial charge in [0.15, 0.2) is 0 Å². The monoisotopic (exact) mass is 368 g/mol. The third-order valence-corrected chi connectivity index (χ3v) is 6.13. The van der Waals surface area contributed by atoms with Gasteiger partial charge in [0.1, 0.15) is 0 Å². The summed E-state index contributed by atoms with van der Waals surface area (Å²) in [6.07, 6.45) is 5.32. The predicted molar refractivity (Wildman–Crippen MR) is 114 cm³/mol. The summed E-state index contributed by atoms with van der Waals surface area (Å²) in [7, 11) is 0. The highest BCUT2D eigenvalue weighted by atomic mass is 32.2. The first-order valence-corrected chi connectivity index (χ1v) is 11.1. The van der Waals surface area contributed by atoms with E-state index < -0.39 is 0 Å². The van der Waals surface area contributed by atoms with Gasteiger partial charge >= 0.3 is 0 Å². The smallest absolute Gasteiger partial charge is 0.0233 e. The van der Waals surface area contributed by atoms with Crippen LogP contribution in [-0.4, -0.2) is 48.3 Å². The molecule has 2 aromatic rings. The van der Waals surface area contributed by atoms with E-state index in [0.717, 1.165) is 6.54 Å². The van der Waals surface area contributed by atoms with Crippen LogP contribution in [0.5, 0.6) is 0 Å². The molecule has 0 spiro atoms. The lowest BCUT2D eigenvalue weighted by molar-refractivity contribution is 0.239. The van der Waals surface area contributed by atoms with Gasteiger partial charge in [0.2, 0.25) is 0 Å². The molecule has 0 N–H and O–H groups in total. The first-order chi connectivity index (χ1) is 12.9. The van der Waals surface area contributed by atoms with E-state index in [1.807, 2.05) is 11.8 Å². The number of likely N-dealkylation sites (tertiary alicyclic amines) is 1. The zero-order valence-electron chi connectivity index (χ0n) is 15.9. The van der Waals surface area contributed by atoms with Crippen LogP contribution in [0.4, 0.5) is 0 Å². The minimum Gasteiger partial charge on any atom is -0.303 e. The molecule has 26 heavy (non-hydrogen) atoms. The fourth-order valence-corrected chi connectivity index (χ4v) is 4.49. The van der Waals surface area contributed by atoms with Crippen LogP contribution in [0, 0.1) is 0 Å². The molecule has 3 rings (SSSR count). The predicted octanol–water partition coefficient (Wildman–Crippen LogP) is 5.16. The topological polar surface area (TPSA) is 6.48 Å². The first-order valence-electron chi connectivity index (χ1n) is 10.1. The molecule has 0 radical (unpaired) electrons. The number of nitrogens with zero attached hydrogens (tertiary/aromatic N) is 2. The van der Waals surface area contributed by atoms with Gasteiger partial charge in [-0.15, -0.1) is 11.8 Å². The summed E-state index contributed by atoms with van der Waals surface area (Å²) >= 11 is 1.98. The van der Waals surface area contributed by atoms with Crippen molar-refractivity contribution >= 4 is 11.8 Å². The van der Waals surface area contributed by atoms with Crippen molar-refractivity contribution in [3.05, 3.63) is 66.2 Å². The SMILES string of the molecule is c1ccc(CN(CCCSc2ccccc2)CCCN2CCCC2)cc1. The van der Waals surface area contributed by atoms with E-state index in [1.54, 1.807) is 0 Å². The van der Waals surface area contributed by atoms with Crippen molar-refractivity contribution in [2.45, 2.75) is 37.1 Å². The van der Waals surface area contributed by atoms with E-state index in [1.165, 1.54) is 74.6 Å². The van der Waals surface area contributed by atoms with Gasteiger partial charge in [-0.25, -0.2) is 0 Å². The first kappa shape index (κ1) is 19.5. The Bertz CT molecular complexity index is 596. The Hall–Kier alpha value is -1.29. The van der Waals surface area contributed by atoms with Gasteiger partial charge in [-0.3, -0.25) is 4.90 Å². The molecule has 1 saturated heterocycles. The molecule has 2 aromatic carbocycles. The molecule has 0 unspecified atom stereocenters. The van der Waals surface area contributed by atoms with Crippen LogP contribution in [-0.2, 0) is 6.54 Å². The summed E-state index contributed by atoms with van der Waals surface area (Å²) < 4.78 is 0. The largest absolute Gasteiger partial charge is 0.303 e. The Kier molecular flexibility index (Phi) is 8.56. The molecule has 0 aromatic heterocycles. The average Bonchev–Trinajstić information content (AvgIpc) is 3.20. The minimum absolute atomic E-state index is 1.08. The molecule has 0 aliphatic carbocycles. The number of hydrogen-bond donors (Lipinski definition) is 0. The molecule has 0 bridgehead atoms. The normalized spacial score (nSPS) is 15.0. The van der Waals surface area contributed by atoms with Crippen molar-refractivity contribution in [2.75, 3.05) is 38.5 Å². The molecule has 1 aliphatic rings. The second-order valence-electron chi connectivity index (χ2n) is 7.18. The van der Waals surface area contributed by atoms with Gasteiger partial charge in [0.05, 0.1) is 0 Å². The molecule has 0 saturated carbocycles. The number of thioether (sulfide) groups is 1. The van der Waals surface area contributed by atoms with Crippen molar-refractivity contribution in [1.29, 1.82) is 0 Å². The summed E-state index contributed by atoms with van der Waals surface area (Å²) in [6, 6.07) is 21.7. The molecule has 0 amide bonds. The van der Waals surface area contributed by atoms with E-state index in [-0.39, 0.29) is 0 Å². The van der Waals surface area contributed by atoms with Gasteiger partial charge in [0, 0.05) is 11.4 Å². The van der Waals surface area contributed by atoms with Crippen molar-refractivity contribution in [1.82, 2.24) is 9.80 Å². The van der Waals surface area contributed by atoms with Crippen LogP contribution < -0.4 is 0 Å². The van der Waals surface area contributed by atoms with Crippen LogP contribution in [0.15, 0.2) is 65.6 Å². The summed E-state index contributed by atoms with van der Waals surface area (Å²) in [4.78, 5) is 6.67. The molecule has 1 fully saturated rings. The Morgan fingerprint density at radius 1 is 0.808 bits per heavy atom. The third-order valence-electron chi connectivity index (χ3n) is 5.03. The lowest BCUT2D eigenvalue weighted by atomic mass is 10.2. The molecule has 2 nitrogen and oxygen atoms in total. The zero-order valence-corrected chi connectivity index (χ0v) is 16.7. The van der Waals surface area contributed by atoms with Crippen molar-refractivity contribution < 1.29 is 0 Å². The summed E-state index contributed by atoms with van der Waals surface area (Å²) in [6.45, 7) is 7.37. The second kappa shape index (κ2) is 11.4. The molecule has 0 atom stereocenters. The third kappa shape index (κ3) is 7.14. The lowest BCUT2D eigenvalue weighted by Crippen LogP contribution is -2.29. The van der Waals surface area contributed by atoms with Crippen molar-refractivity contribution in [2.24, 2.45) is 0 Å². The maximum Gasteiger partial charge on any atom is 0.0233 e. The van der Waals surface area contributed by atoms with Gasteiger partial charge in [0.25, 0.3) is 0 Å². The van der Waals surface area contributed by atoms with Crippen molar-refractivity contribution in [3.63, 3.8) is 0 Å². The zero-order chi connectivity index (χ0) is 17.9. The number of benzene rings is 2. The Morgan fingerprint density at radius 3 is 2.19 bits per heavy atom. The van der Waals surface area contributed by atoms with Gasteiger partial charge in [-0.1, -0.05) is 48.5 Å². The summed E-state index contributed by atoms with van der Waals surface area (Å²) in [5, 5.41) is 0. The Labute approximate surface area is 163 Å². The van der Waals surface area contributed by atoms with E-state index >= 15 is 0 Å². The fraction of sp³-hybridized carbons (Fsp3) is 0.478. The van der Waals surface area contributed by atoms with E-state index in [9.17, 15) is 0 Å². The van der Waals surface area contributed by atoms with Gasteiger partial charge < -0.3 is 4.90 Å². The maximum absolute atomic E-state index is 2.65. The van der Waals surface area contributed by atoms with Crippen molar-refractivity contribution in [3.8, 4) is 0 Å². The minimum atomic E-state index is 1.08.